The molecule has 0 aliphatic heterocycles. The lowest BCUT2D eigenvalue weighted by Crippen LogP contribution is -2.19. The smallest absolute Gasteiger partial charge is 0.224 e. The van der Waals surface area contributed by atoms with Gasteiger partial charge in [-0.25, -0.2) is 0 Å². The van der Waals surface area contributed by atoms with E-state index in [1.807, 2.05) is 30.3 Å². The molecule has 1 rings (SSSR count). The van der Waals surface area contributed by atoms with Gasteiger partial charge in [0.2, 0.25) is 5.91 Å². The van der Waals surface area contributed by atoms with Crippen LogP contribution in [0.25, 0.3) is 0 Å². The van der Waals surface area contributed by atoms with Crippen molar-refractivity contribution in [1.29, 1.82) is 5.26 Å². The highest BCUT2D eigenvalue weighted by molar-refractivity contribution is 5.78. The van der Waals surface area contributed by atoms with Crippen molar-refractivity contribution in [2.24, 2.45) is 0 Å². The van der Waals surface area contributed by atoms with Crippen LogP contribution in [0.5, 0.6) is 0 Å². The van der Waals surface area contributed by atoms with Crippen LogP contribution < -0.4 is 5.32 Å². The minimum Gasteiger partial charge on any atom is -0.359 e. The van der Waals surface area contributed by atoms with Gasteiger partial charge in [0.05, 0.1) is 18.9 Å². The molecule has 0 heterocycles. The molecule has 0 aliphatic rings. The Balaban J connectivity index is 2.66. The summed E-state index contributed by atoms with van der Waals surface area (Å²) in [4.78, 5) is 11.1. The zero-order valence-corrected chi connectivity index (χ0v) is 9.08. The van der Waals surface area contributed by atoms with Crippen LogP contribution in [0.1, 0.15) is 17.5 Å². The average molecular weight is 212 g/mol. The maximum Gasteiger partial charge on any atom is 0.224 e. The molecule has 1 amide bonds. The van der Waals surface area contributed by atoms with Gasteiger partial charge in [-0.1, -0.05) is 24.0 Å². The lowest BCUT2D eigenvalue weighted by Gasteiger charge is -1.99. The Labute approximate surface area is 95.1 Å². The van der Waals surface area contributed by atoms with Crippen molar-refractivity contribution in [2.45, 2.75) is 12.8 Å². The van der Waals surface area contributed by atoms with Crippen molar-refractivity contribution in [1.82, 2.24) is 5.32 Å². The fourth-order valence-electron chi connectivity index (χ4n) is 1.17. The summed E-state index contributed by atoms with van der Waals surface area (Å²) in [6, 6.07) is 9.39. The van der Waals surface area contributed by atoms with Crippen molar-refractivity contribution in [3.8, 4) is 17.9 Å². The van der Waals surface area contributed by atoms with E-state index in [4.69, 9.17) is 5.26 Å². The SMILES string of the molecule is CNC(=O)Cc1ccc(C#CCC#N)cc1. The predicted molar refractivity (Wildman–Crippen MR) is 61.3 cm³/mol. The lowest BCUT2D eigenvalue weighted by atomic mass is 10.1. The Kier molecular flexibility index (Phi) is 4.63. The van der Waals surface area contributed by atoms with E-state index < -0.39 is 0 Å². The molecule has 0 fully saturated rings. The molecule has 0 atom stereocenters. The fraction of sp³-hybridized carbons (Fsp3) is 0.231. The molecule has 3 nitrogen and oxygen atoms in total. The van der Waals surface area contributed by atoms with Crippen LogP contribution in [0, 0.1) is 23.2 Å². The fourth-order valence-corrected chi connectivity index (χ4v) is 1.17. The number of rotatable bonds is 2. The lowest BCUT2D eigenvalue weighted by molar-refractivity contribution is -0.119. The molecule has 1 aromatic carbocycles. The summed E-state index contributed by atoms with van der Waals surface area (Å²) >= 11 is 0. The molecule has 0 spiro atoms. The van der Waals surface area contributed by atoms with Crippen LogP contribution in [0.4, 0.5) is 0 Å². The number of nitrogens with zero attached hydrogens (tertiary/aromatic N) is 1. The van der Waals surface area contributed by atoms with Gasteiger partial charge in [-0.05, 0) is 17.7 Å². The van der Waals surface area contributed by atoms with Crippen LogP contribution >= 0.6 is 0 Å². The van der Waals surface area contributed by atoms with Gasteiger partial charge < -0.3 is 5.32 Å². The van der Waals surface area contributed by atoms with E-state index in [0.717, 1.165) is 11.1 Å². The number of carbonyl (C=O) groups excluding carboxylic acids is 1. The largest absolute Gasteiger partial charge is 0.359 e. The number of amides is 1. The highest BCUT2D eigenvalue weighted by atomic mass is 16.1. The van der Waals surface area contributed by atoms with Crippen molar-refractivity contribution in [3.05, 3.63) is 35.4 Å². The summed E-state index contributed by atoms with van der Waals surface area (Å²) in [7, 11) is 1.62. The van der Waals surface area contributed by atoms with Crippen molar-refractivity contribution in [2.75, 3.05) is 7.05 Å². The van der Waals surface area contributed by atoms with Gasteiger partial charge in [-0.3, -0.25) is 4.79 Å². The van der Waals surface area contributed by atoms with E-state index >= 15 is 0 Å². The molecule has 0 radical (unpaired) electrons. The first-order valence-electron chi connectivity index (χ1n) is 4.91. The molecule has 0 aromatic heterocycles. The molecule has 1 aromatic rings. The van der Waals surface area contributed by atoms with Crippen LogP contribution in [0.15, 0.2) is 24.3 Å². The molecule has 0 bridgehead atoms. The van der Waals surface area contributed by atoms with Gasteiger partial charge >= 0.3 is 0 Å². The Hall–Kier alpha value is -2.26. The van der Waals surface area contributed by atoms with Gasteiger partial charge in [0.25, 0.3) is 0 Å². The molecule has 0 unspecified atom stereocenters. The van der Waals surface area contributed by atoms with Crippen LogP contribution in [-0.4, -0.2) is 13.0 Å². The van der Waals surface area contributed by atoms with E-state index in [9.17, 15) is 4.79 Å². The minimum atomic E-state index is -0.0108. The highest BCUT2D eigenvalue weighted by Crippen LogP contribution is 2.04. The van der Waals surface area contributed by atoms with Crippen LogP contribution in [0.3, 0.4) is 0 Å². The minimum absolute atomic E-state index is 0.0108. The molecule has 16 heavy (non-hydrogen) atoms. The Morgan fingerprint density at radius 2 is 2.06 bits per heavy atom. The van der Waals surface area contributed by atoms with E-state index in [-0.39, 0.29) is 12.3 Å². The summed E-state index contributed by atoms with van der Waals surface area (Å²) in [6.45, 7) is 0. The number of carbonyl (C=O) groups is 1. The number of hydrogen-bond donors (Lipinski definition) is 1. The Morgan fingerprint density at radius 1 is 1.38 bits per heavy atom. The molecular formula is C13H12N2O. The van der Waals surface area contributed by atoms with Crippen molar-refractivity contribution >= 4 is 5.91 Å². The normalized spacial score (nSPS) is 8.50. The molecular weight excluding hydrogens is 200 g/mol. The first-order chi connectivity index (χ1) is 7.76. The average Bonchev–Trinajstić information content (AvgIpc) is 2.31. The van der Waals surface area contributed by atoms with Crippen LogP contribution in [-0.2, 0) is 11.2 Å². The van der Waals surface area contributed by atoms with Gasteiger partial charge in [0.1, 0.15) is 0 Å². The highest BCUT2D eigenvalue weighted by Gasteiger charge is 1.99. The number of nitrogens with one attached hydrogen (secondary N) is 1. The van der Waals surface area contributed by atoms with Crippen molar-refractivity contribution < 1.29 is 4.79 Å². The third-order valence-electron chi connectivity index (χ3n) is 2.00. The standard InChI is InChI=1S/C13H12N2O/c1-15-13(16)10-12-7-5-11(6-8-12)4-2-3-9-14/h5-8H,3,10H2,1H3,(H,15,16). The Bertz CT molecular complexity index is 457. The van der Waals surface area contributed by atoms with E-state index in [0.29, 0.717) is 6.42 Å². The van der Waals surface area contributed by atoms with Gasteiger partial charge in [-0.2, -0.15) is 5.26 Å². The molecule has 80 valence electrons. The summed E-state index contributed by atoms with van der Waals surface area (Å²) in [6.07, 6.45) is 0.613. The van der Waals surface area contributed by atoms with Gasteiger partial charge in [0.15, 0.2) is 0 Å². The zero-order chi connectivity index (χ0) is 11.8. The zero-order valence-electron chi connectivity index (χ0n) is 9.08. The van der Waals surface area contributed by atoms with Crippen molar-refractivity contribution in [3.63, 3.8) is 0 Å². The number of benzene rings is 1. The third-order valence-corrected chi connectivity index (χ3v) is 2.00. The first-order valence-corrected chi connectivity index (χ1v) is 4.91. The van der Waals surface area contributed by atoms with Crippen LogP contribution in [0.2, 0.25) is 0 Å². The van der Waals surface area contributed by atoms with E-state index in [1.54, 1.807) is 7.05 Å². The molecule has 0 aliphatic carbocycles. The predicted octanol–water partition coefficient (Wildman–Crippen LogP) is 1.24. The summed E-state index contributed by atoms with van der Waals surface area (Å²) in [5.74, 6) is 5.59. The maximum atomic E-state index is 11.1. The number of hydrogen-bond acceptors (Lipinski definition) is 2. The Morgan fingerprint density at radius 3 is 2.62 bits per heavy atom. The monoisotopic (exact) mass is 212 g/mol. The summed E-state index contributed by atoms with van der Waals surface area (Å²) < 4.78 is 0. The topological polar surface area (TPSA) is 52.9 Å². The maximum absolute atomic E-state index is 11.1. The first kappa shape index (κ1) is 11.8. The second-order valence-electron chi connectivity index (χ2n) is 3.18. The van der Waals surface area contributed by atoms with E-state index in [1.165, 1.54) is 0 Å². The number of likely N-dealkylation sites (N-methyl/N-ethyl adjacent to an activating group) is 1. The molecule has 0 saturated heterocycles. The molecule has 0 saturated carbocycles. The van der Waals surface area contributed by atoms with E-state index in [2.05, 4.69) is 17.2 Å². The number of nitriles is 1. The molecule has 3 heteroatoms. The summed E-state index contributed by atoms with van der Waals surface area (Å²) in [5, 5.41) is 10.9. The second-order valence-corrected chi connectivity index (χ2v) is 3.18. The summed E-state index contributed by atoms with van der Waals surface area (Å²) in [5.41, 5.74) is 1.81. The van der Waals surface area contributed by atoms with Gasteiger partial charge in [0, 0.05) is 12.6 Å². The quantitative estimate of drug-likeness (QED) is 0.750. The second kappa shape index (κ2) is 6.27. The third kappa shape index (κ3) is 3.86. The van der Waals surface area contributed by atoms with Gasteiger partial charge in [-0.15, -0.1) is 0 Å². The molecule has 1 N–H and O–H groups in total.